The average Bonchev–Trinajstić information content (AvgIpc) is 2.63. The van der Waals surface area contributed by atoms with Gasteiger partial charge in [0.05, 0.1) is 0 Å². The molecule has 2 rings (SSSR count). The molecule has 0 fully saturated rings. The van der Waals surface area contributed by atoms with Crippen molar-refractivity contribution in [3.05, 3.63) is 41.5 Å². The van der Waals surface area contributed by atoms with Gasteiger partial charge in [0.1, 0.15) is 23.5 Å². The van der Waals surface area contributed by atoms with Crippen molar-refractivity contribution in [2.24, 2.45) is 5.92 Å². The van der Waals surface area contributed by atoms with Gasteiger partial charge in [0.15, 0.2) is 8.32 Å². The van der Waals surface area contributed by atoms with Crippen molar-refractivity contribution in [2.45, 2.75) is 110 Å². The molecule has 0 unspecified atom stereocenters. The Bertz CT molecular complexity index is 891. The van der Waals surface area contributed by atoms with Crippen LogP contribution in [0.3, 0.4) is 0 Å². The normalized spacial score (nSPS) is 20.7. The molecule has 0 amide bonds. The van der Waals surface area contributed by atoms with Crippen LogP contribution < -0.4 is 4.43 Å². The summed E-state index contributed by atoms with van der Waals surface area (Å²) in [6, 6.07) is 4.12. The molecule has 1 aromatic rings. The van der Waals surface area contributed by atoms with Crippen LogP contribution in [0.1, 0.15) is 82.5 Å². The highest BCUT2D eigenvalue weighted by Crippen LogP contribution is 2.48. The minimum atomic E-state index is -2.17. The van der Waals surface area contributed by atoms with Gasteiger partial charge >= 0.3 is 5.97 Å². The van der Waals surface area contributed by atoms with Crippen LogP contribution >= 0.6 is 0 Å². The molecule has 0 saturated carbocycles. The summed E-state index contributed by atoms with van der Waals surface area (Å²) in [4.78, 5) is 13.5. The minimum absolute atomic E-state index is 0.0127. The summed E-state index contributed by atoms with van der Waals surface area (Å²) in [6.45, 7) is 30.2. The Morgan fingerprint density at radius 2 is 1.61 bits per heavy atom. The largest absolute Gasteiger partial charge is 0.543 e. The van der Waals surface area contributed by atoms with Crippen molar-refractivity contribution < 1.29 is 18.4 Å². The van der Waals surface area contributed by atoms with Gasteiger partial charge < -0.3 is 13.6 Å². The smallest absolute Gasteiger partial charge is 0.342 e. The van der Waals surface area contributed by atoms with Gasteiger partial charge in [-0.2, -0.15) is 0 Å². The molecule has 1 aliphatic rings. The molecule has 0 aliphatic carbocycles. The lowest BCUT2D eigenvalue weighted by atomic mass is 9.87. The van der Waals surface area contributed by atoms with Crippen molar-refractivity contribution in [1.82, 2.24) is 0 Å². The standard InChI is InChI=1S/C27H46O4Si2/c1-14-15-18(2)23-24(31-33(12,13)27(7,8)9)20-17-16-19(3)22(21(20)25(28)29-23)30-32(10,11)26(4,5)6/h14,16-18,23-24H,1,15H2,2-13H3/t18-,23-,24+/m1/s1. The number of esters is 1. The number of ether oxygens (including phenoxy) is 1. The van der Waals surface area contributed by atoms with Crippen LogP contribution in [-0.4, -0.2) is 28.7 Å². The van der Waals surface area contributed by atoms with Gasteiger partial charge in [-0.15, -0.1) is 6.58 Å². The lowest BCUT2D eigenvalue weighted by Crippen LogP contribution is -2.48. The summed E-state index contributed by atoms with van der Waals surface area (Å²) < 4.78 is 19.8. The van der Waals surface area contributed by atoms with E-state index in [0.29, 0.717) is 11.3 Å². The third-order valence-electron chi connectivity index (χ3n) is 7.93. The van der Waals surface area contributed by atoms with Crippen molar-refractivity contribution in [3.8, 4) is 5.75 Å². The summed E-state index contributed by atoms with van der Waals surface area (Å²) in [7, 11) is -4.32. The monoisotopic (exact) mass is 490 g/mol. The molecule has 0 radical (unpaired) electrons. The topological polar surface area (TPSA) is 44.8 Å². The van der Waals surface area contributed by atoms with E-state index in [-0.39, 0.29) is 34.2 Å². The Hall–Kier alpha value is -1.38. The first-order chi connectivity index (χ1) is 14.8. The van der Waals surface area contributed by atoms with Gasteiger partial charge in [-0.1, -0.05) is 66.7 Å². The Balaban J connectivity index is 2.70. The number of hydrogen-bond acceptors (Lipinski definition) is 4. The first-order valence-electron chi connectivity index (χ1n) is 12.2. The SMILES string of the molecule is C=CC[C@@H](C)[C@H]1OC(=O)c2c(ccc(C)c2O[Si](C)(C)C(C)(C)C)[C@@H]1O[Si](C)(C)C(C)(C)C. The number of rotatable bonds is 7. The van der Waals surface area contributed by atoms with Crippen molar-refractivity contribution in [1.29, 1.82) is 0 Å². The molecule has 0 saturated heterocycles. The third-order valence-corrected chi connectivity index (χ3v) is 16.7. The second-order valence-electron chi connectivity index (χ2n) is 12.7. The predicted molar refractivity (Wildman–Crippen MR) is 143 cm³/mol. The lowest BCUT2D eigenvalue weighted by Gasteiger charge is -2.45. The molecular formula is C27H46O4Si2. The van der Waals surface area contributed by atoms with Gasteiger partial charge in [-0.3, -0.25) is 0 Å². The van der Waals surface area contributed by atoms with E-state index in [9.17, 15) is 4.79 Å². The summed E-state index contributed by atoms with van der Waals surface area (Å²) >= 11 is 0. The molecule has 186 valence electrons. The van der Waals surface area contributed by atoms with Crippen molar-refractivity contribution in [3.63, 3.8) is 0 Å². The minimum Gasteiger partial charge on any atom is -0.543 e. The second kappa shape index (κ2) is 9.35. The van der Waals surface area contributed by atoms with Crippen LogP contribution in [0.4, 0.5) is 0 Å². The molecule has 6 heteroatoms. The molecule has 1 aliphatic heterocycles. The molecule has 3 atom stereocenters. The zero-order valence-electron chi connectivity index (χ0n) is 23.0. The van der Waals surface area contributed by atoms with Crippen LogP contribution in [0.5, 0.6) is 5.75 Å². The van der Waals surface area contributed by atoms with E-state index in [1.807, 2.05) is 13.0 Å². The fraction of sp³-hybridized carbons (Fsp3) is 0.667. The maximum Gasteiger partial charge on any atom is 0.342 e. The maximum atomic E-state index is 13.5. The van der Waals surface area contributed by atoms with Gasteiger partial charge in [-0.05, 0) is 61.1 Å². The Morgan fingerprint density at radius 3 is 2.09 bits per heavy atom. The molecule has 4 nitrogen and oxygen atoms in total. The van der Waals surface area contributed by atoms with Crippen LogP contribution in [0.15, 0.2) is 24.8 Å². The van der Waals surface area contributed by atoms with E-state index >= 15 is 0 Å². The molecule has 1 aromatic carbocycles. The lowest BCUT2D eigenvalue weighted by molar-refractivity contribution is -0.0455. The molecule has 1 heterocycles. The van der Waals surface area contributed by atoms with E-state index < -0.39 is 16.6 Å². The average molecular weight is 491 g/mol. The number of cyclic esters (lactones) is 1. The van der Waals surface area contributed by atoms with Crippen molar-refractivity contribution in [2.75, 3.05) is 0 Å². The fourth-order valence-electron chi connectivity index (χ4n) is 3.55. The van der Waals surface area contributed by atoms with E-state index in [1.165, 1.54) is 0 Å². The highest BCUT2D eigenvalue weighted by Gasteiger charge is 2.48. The fourth-order valence-corrected chi connectivity index (χ4v) is 5.88. The summed E-state index contributed by atoms with van der Waals surface area (Å²) in [5.41, 5.74) is 2.40. The number of carbonyl (C=O) groups is 1. The molecule has 0 spiro atoms. The number of fused-ring (bicyclic) bond motifs is 1. The van der Waals surface area contributed by atoms with Crippen LogP contribution in [0, 0.1) is 12.8 Å². The number of allylic oxidation sites excluding steroid dienone is 1. The van der Waals surface area contributed by atoms with E-state index in [0.717, 1.165) is 17.5 Å². The molecule has 0 bridgehead atoms. The molecule has 33 heavy (non-hydrogen) atoms. The molecule has 0 aromatic heterocycles. The highest BCUT2D eigenvalue weighted by molar-refractivity contribution is 6.75. The van der Waals surface area contributed by atoms with Gasteiger partial charge in [0, 0.05) is 5.56 Å². The van der Waals surface area contributed by atoms with E-state index in [2.05, 4.69) is 93.4 Å². The zero-order valence-corrected chi connectivity index (χ0v) is 25.0. The number of carbonyl (C=O) groups excluding carboxylic acids is 1. The molecular weight excluding hydrogens is 444 g/mol. The first-order valence-corrected chi connectivity index (χ1v) is 18.0. The Kier molecular flexibility index (Phi) is 7.89. The summed E-state index contributed by atoms with van der Waals surface area (Å²) in [5.74, 6) is 0.460. The number of hydrogen-bond donors (Lipinski definition) is 0. The Morgan fingerprint density at radius 1 is 1.06 bits per heavy atom. The van der Waals surface area contributed by atoms with Gasteiger partial charge in [0.25, 0.3) is 8.32 Å². The first kappa shape index (κ1) is 27.9. The number of aryl methyl sites for hydroxylation is 1. The maximum absolute atomic E-state index is 13.5. The van der Waals surface area contributed by atoms with Crippen LogP contribution in [-0.2, 0) is 9.16 Å². The van der Waals surface area contributed by atoms with Crippen LogP contribution in [0.2, 0.25) is 36.3 Å². The summed E-state index contributed by atoms with van der Waals surface area (Å²) in [5, 5.41) is 0.0464. The van der Waals surface area contributed by atoms with Crippen molar-refractivity contribution >= 4 is 22.6 Å². The number of benzene rings is 1. The highest BCUT2D eigenvalue weighted by atomic mass is 28.4. The predicted octanol–water partition coefficient (Wildman–Crippen LogP) is 8.19. The van der Waals surface area contributed by atoms with Crippen LogP contribution in [0.25, 0.3) is 0 Å². The quantitative estimate of drug-likeness (QED) is 0.219. The third kappa shape index (κ3) is 5.65. The van der Waals surface area contributed by atoms with Gasteiger partial charge in [-0.25, -0.2) is 4.79 Å². The summed E-state index contributed by atoms with van der Waals surface area (Å²) in [6.07, 6.45) is 1.96. The second-order valence-corrected chi connectivity index (χ2v) is 22.2. The van der Waals surface area contributed by atoms with E-state index in [1.54, 1.807) is 0 Å². The van der Waals surface area contributed by atoms with Gasteiger partial charge in [0.2, 0.25) is 0 Å². The zero-order chi connectivity index (χ0) is 25.6. The molecule has 0 N–H and O–H groups in total. The van der Waals surface area contributed by atoms with E-state index in [4.69, 9.17) is 13.6 Å². The Labute approximate surface area is 204 Å².